The number of hydrogen-bond acceptors (Lipinski definition) is 6. The second kappa shape index (κ2) is 7.87. The van der Waals surface area contributed by atoms with Crippen LogP contribution in [-0.2, 0) is 6.54 Å². The van der Waals surface area contributed by atoms with Gasteiger partial charge in [0.1, 0.15) is 5.82 Å². The van der Waals surface area contributed by atoms with Crippen LogP contribution in [0.25, 0.3) is 5.82 Å². The van der Waals surface area contributed by atoms with Gasteiger partial charge in [-0.15, -0.1) is 0 Å². The molecule has 2 aromatic heterocycles. The Labute approximate surface area is 178 Å². The molecular weight excluding hydrogens is 398 g/mol. The van der Waals surface area contributed by atoms with Crippen LogP contribution in [0.15, 0.2) is 58.8 Å². The lowest BCUT2D eigenvalue weighted by atomic mass is 10.1. The second-order valence-electron chi connectivity index (χ2n) is 7.08. The Balaban J connectivity index is 1.31. The van der Waals surface area contributed by atoms with Crippen LogP contribution in [0, 0.1) is 13.8 Å². The van der Waals surface area contributed by atoms with Gasteiger partial charge in [0.2, 0.25) is 6.79 Å². The molecule has 2 aliphatic rings. The van der Waals surface area contributed by atoms with E-state index in [2.05, 4.69) is 45.0 Å². The number of nitrogens with zero attached hydrogens (tertiary/aromatic N) is 4. The highest BCUT2D eigenvalue weighted by Crippen LogP contribution is 2.32. The Hall–Kier alpha value is -3.26. The van der Waals surface area contributed by atoms with E-state index in [-0.39, 0.29) is 6.79 Å². The lowest BCUT2D eigenvalue weighted by Crippen LogP contribution is -2.25. The van der Waals surface area contributed by atoms with Crippen molar-refractivity contribution < 1.29 is 9.47 Å². The van der Waals surface area contributed by atoms with Gasteiger partial charge >= 0.3 is 0 Å². The minimum atomic E-state index is 0.281. The molecule has 4 heterocycles. The molecule has 0 unspecified atom stereocenters. The van der Waals surface area contributed by atoms with Crippen molar-refractivity contribution in [2.75, 3.05) is 12.5 Å². The number of aromatic nitrogens is 2. The molecule has 0 saturated carbocycles. The van der Waals surface area contributed by atoms with Crippen molar-refractivity contribution >= 4 is 22.6 Å². The van der Waals surface area contributed by atoms with Gasteiger partial charge in [0.05, 0.1) is 12.3 Å². The van der Waals surface area contributed by atoms with Gasteiger partial charge < -0.3 is 14.0 Å². The number of ether oxygens (including phenoxy) is 2. The maximum absolute atomic E-state index is 5.43. The number of benzene rings is 1. The highest BCUT2D eigenvalue weighted by atomic mass is 32.2. The van der Waals surface area contributed by atoms with Gasteiger partial charge in [-0.05, 0) is 49.7 Å². The van der Waals surface area contributed by atoms with Gasteiger partial charge in [0.15, 0.2) is 16.7 Å². The molecule has 3 aromatic rings. The topological polar surface area (TPSA) is 73.0 Å². The first-order valence-corrected chi connectivity index (χ1v) is 10.7. The number of pyridine rings is 1. The zero-order chi connectivity index (χ0) is 20.5. The van der Waals surface area contributed by atoms with Crippen LogP contribution in [0.2, 0.25) is 0 Å². The van der Waals surface area contributed by atoms with Gasteiger partial charge in [-0.25, -0.2) is 4.98 Å². The van der Waals surface area contributed by atoms with Crippen LogP contribution < -0.4 is 14.9 Å². The van der Waals surface area contributed by atoms with Crippen molar-refractivity contribution in [1.29, 1.82) is 0 Å². The van der Waals surface area contributed by atoms with E-state index < -0.39 is 0 Å². The molecule has 1 aromatic carbocycles. The van der Waals surface area contributed by atoms with E-state index in [4.69, 9.17) is 9.47 Å². The number of aliphatic imine (C=N–C) groups is 1. The molecule has 0 aliphatic carbocycles. The van der Waals surface area contributed by atoms with E-state index in [9.17, 15) is 0 Å². The summed E-state index contributed by atoms with van der Waals surface area (Å²) in [6, 6.07) is 14.0. The Kier molecular flexibility index (Phi) is 4.92. The third-order valence-corrected chi connectivity index (χ3v) is 6.01. The molecule has 0 spiro atoms. The molecule has 1 N–H and O–H groups in total. The van der Waals surface area contributed by atoms with E-state index in [1.54, 1.807) is 11.8 Å². The molecule has 0 radical (unpaired) electrons. The van der Waals surface area contributed by atoms with Gasteiger partial charge in [-0.2, -0.15) is 5.10 Å². The quantitative estimate of drug-likeness (QED) is 0.696. The number of hydrazone groups is 1. The third kappa shape index (κ3) is 3.54. The fourth-order valence-corrected chi connectivity index (χ4v) is 4.39. The summed E-state index contributed by atoms with van der Waals surface area (Å²) < 4.78 is 12.9. The van der Waals surface area contributed by atoms with Crippen molar-refractivity contribution in [2.45, 2.75) is 20.4 Å². The molecular formula is C22H21N5O2S. The van der Waals surface area contributed by atoms with Crippen LogP contribution in [-0.4, -0.2) is 33.0 Å². The summed E-state index contributed by atoms with van der Waals surface area (Å²) in [5.74, 6) is 3.25. The first-order valence-electron chi connectivity index (χ1n) is 9.68. The van der Waals surface area contributed by atoms with E-state index in [0.29, 0.717) is 6.54 Å². The van der Waals surface area contributed by atoms with Gasteiger partial charge in [0, 0.05) is 28.9 Å². The third-order valence-electron chi connectivity index (χ3n) is 5.09. The Morgan fingerprint density at radius 1 is 1.13 bits per heavy atom. The van der Waals surface area contributed by atoms with Gasteiger partial charge in [-0.1, -0.05) is 23.9 Å². The van der Waals surface area contributed by atoms with Crippen molar-refractivity contribution in [1.82, 2.24) is 15.0 Å². The molecule has 0 atom stereocenters. The van der Waals surface area contributed by atoms with Crippen LogP contribution >= 0.6 is 11.8 Å². The van der Waals surface area contributed by atoms with E-state index in [1.807, 2.05) is 42.6 Å². The molecule has 0 amide bonds. The van der Waals surface area contributed by atoms with Crippen LogP contribution in [0.3, 0.4) is 0 Å². The number of amidine groups is 1. The summed E-state index contributed by atoms with van der Waals surface area (Å²) in [6.45, 7) is 5.04. The molecule has 30 heavy (non-hydrogen) atoms. The normalized spacial score (nSPS) is 16.5. The molecule has 8 heteroatoms. The lowest BCUT2D eigenvalue weighted by molar-refractivity contribution is 0.174. The summed E-state index contributed by atoms with van der Waals surface area (Å²) in [5, 5.41) is 5.41. The minimum absolute atomic E-state index is 0.281. The average molecular weight is 420 g/mol. The average Bonchev–Trinajstić information content (AvgIpc) is 3.36. The maximum Gasteiger partial charge on any atom is 0.231 e. The first kappa shape index (κ1) is 18.7. The van der Waals surface area contributed by atoms with Crippen LogP contribution in [0.5, 0.6) is 11.5 Å². The largest absolute Gasteiger partial charge is 0.454 e. The molecule has 2 aliphatic heterocycles. The summed E-state index contributed by atoms with van der Waals surface area (Å²) in [7, 11) is 0. The SMILES string of the molecule is Cc1cc(C2=NNC(=NCc3ccc4c(c3)OCO4)SC2)c(C)n1-c1ccccn1. The zero-order valence-electron chi connectivity index (χ0n) is 16.8. The van der Waals surface area contributed by atoms with Crippen LogP contribution in [0.4, 0.5) is 0 Å². The highest BCUT2D eigenvalue weighted by Gasteiger charge is 2.19. The summed E-state index contributed by atoms with van der Waals surface area (Å²) in [4.78, 5) is 9.13. The highest BCUT2D eigenvalue weighted by molar-refractivity contribution is 8.14. The molecule has 0 fully saturated rings. The van der Waals surface area contributed by atoms with Gasteiger partial charge in [0.25, 0.3) is 0 Å². The van der Waals surface area contributed by atoms with E-state index in [0.717, 1.165) is 56.5 Å². The molecule has 152 valence electrons. The minimum Gasteiger partial charge on any atom is -0.454 e. The summed E-state index contributed by atoms with van der Waals surface area (Å²) in [6.07, 6.45) is 1.81. The molecule has 0 bridgehead atoms. The van der Waals surface area contributed by atoms with Crippen molar-refractivity contribution in [3.8, 4) is 17.3 Å². The lowest BCUT2D eigenvalue weighted by Gasteiger charge is -2.15. The fraction of sp³-hybridized carbons (Fsp3) is 0.227. The predicted octanol–water partition coefficient (Wildman–Crippen LogP) is 3.81. The Morgan fingerprint density at radius 2 is 2.03 bits per heavy atom. The van der Waals surface area contributed by atoms with E-state index >= 15 is 0 Å². The maximum atomic E-state index is 5.43. The van der Waals surface area contributed by atoms with Crippen molar-refractivity contribution in [3.63, 3.8) is 0 Å². The van der Waals surface area contributed by atoms with Crippen molar-refractivity contribution in [3.05, 3.63) is 71.2 Å². The number of hydrogen-bond donors (Lipinski definition) is 1. The Bertz CT molecular complexity index is 1150. The molecule has 5 rings (SSSR count). The zero-order valence-corrected chi connectivity index (χ0v) is 17.6. The van der Waals surface area contributed by atoms with E-state index in [1.165, 1.54) is 0 Å². The molecule has 0 saturated heterocycles. The number of rotatable bonds is 4. The fourth-order valence-electron chi connectivity index (χ4n) is 3.63. The number of nitrogens with one attached hydrogen (secondary N) is 1. The standard InChI is InChI=1S/C22H21N5O2S/c1-14-9-17(15(2)27(14)21-5-3-4-8-23-21)18-12-30-22(26-25-18)24-11-16-6-7-19-20(10-16)29-13-28-19/h3-10H,11-13H2,1-2H3,(H,24,26). The van der Waals surface area contributed by atoms with Crippen LogP contribution in [0.1, 0.15) is 22.5 Å². The van der Waals surface area contributed by atoms with Crippen molar-refractivity contribution in [2.24, 2.45) is 10.1 Å². The predicted molar refractivity (Wildman–Crippen MR) is 119 cm³/mol. The summed E-state index contributed by atoms with van der Waals surface area (Å²) in [5.41, 5.74) is 8.59. The smallest absolute Gasteiger partial charge is 0.231 e. The monoisotopic (exact) mass is 419 g/mol. The number of fused-ring (bicyclic) bond motifs is 1. The number of thioether (sulfide) groups is 1. The number of aryl methyl sites for hydroxylation is 1. The first-order chi connectivity index (χ1) is 14.7. The summed E-state index contributed by atoms with van der Waals surface area (Å²) >= 11 is 1.66. The molecule has 7 nitrogen and oxygen atoms in total. The Morgan fingerprint density at radius 3 is 2.83 bits per heavy atom. The van der Waals surface area contributed by atoms with Gasteiger partial charge in [-0.3, -0.25) is 10.4 Å². The second-order valence-corrected chi connectivity index (χ2v) is 8.04.